The lowest BCUT2D eigenvalue weighted by Crippen LogP contribution is -2.71. The number of nitrogens with zero attached hydrogens (tertiary/aromatic N) is 4. The van der Waals surface area contributed by atoms with Crippen molar-refractivity contribution in [1.29, 1.82) is 0 Å². The molecule has 0 saturated carbocycles. The third-order valence-electron chi connectivity index (χ3n) is 5.41. The van der Waals surface area contributed by atoms with E-state index in [-0.39, 0.29) is 17.2 Å². The van der Waals surface area contributed by atoms with Crippen molar-refractivity contribution in [2.45, 2.75) is 24.9 Å². The highest BCUT2D eigenvalue weighted by atomic mass is 32.1. The van der Waals surface area contributed by atoms with E-state index in [9.17, 15) is 4.39 Å². The minimum Gasteiger partial charge on any atom is -0.475 e. The number of hydrogen-bond donors (Lipinski definition) is 0. The molecule has 4 heterocycles. The summed E-state index contributed by atoms with van der Waals surface area (Å²) in [6, 6.07) is 2.97. The van der Waals surface area contributed by atoms with Crippen molar-refractivity contribution in [1.82, 2.24) is 19.8 Å². The first-order chi connectivity index (χ1) is 12.1. The fourth-order valence-electron chi connectivity index (χ4n) is 4.02. The van der Waals surface area contributed by atoms with Gasteiger partial charge in [0.2, 0.25) is 5.88 Å². The van der Waals surface area contributed by atoms with Gasteiger partial charge in [-0.05, 0) is 44.5 Å². The maximum absolute atomic E-state index is 13.7. The molecule has 0 aliphatic carbocycles. The number of rotatable bonds is 5. The molecule has 2 aliphatic heterocycles. The van der Waals surface area contributed by atoms with Crippen LogP contribution in [0.5, 0.6) is 5.88 Å². The van der Waals surface area contributed by atoms with Crippen LogP contribution in [0, 0.1) is 11.7 Å². The summed E-state index contributed by atoms with van der Waals surface area (Å²) in [5.74, 6) is 0.178. The van der Waals surface area contributed by atoms with Crippen LogP contribution < -0.4 is 4.74 Å². The molecule has 7 heteroatoms. The second-order valence-corrected chi connectivity index (χ2v) is 8.16. The van der Waals surface area contributed by atoms with Crippen LogP contribution in [0.4, 0.5) is 4.39 Å². The zero-order valence-electron chi connectivity index (χ0n) is 14.4. The summed E-state index contributed by atoms with van der Waals surface area (Å²) in [6.07, 6.45) is 5.61. The molecule has 5 nitrogen and oxygen atoms in total. The average molecular weight is 362 g/mol. The molecule has 0 bridgehead atoms. The Morgan fingerprint density at radius 1 is 1.36 bits per heavy atom. The van der Waals surface area contributed by atoms with Crippen LogP contribution >= 0.6 is 11.3 Å². The van der Waals surface area contributed by atoms with Gasteiger partial charge >= 0.3 is 0 Å². The number of aromatic nitrogens is 2. The monoisotopic (exact) mass is 362 g/mol. The maximum Gasteiger partial charge on any atom is 0.250 e. The molecule has 134 valence electrons. The summed E-state index contributed by atoms with van der Waals surface area (Å²) in [4.78, 5) is 13.3. The van der Waals surface area contributed by atoms with Crippen molar-refractivity contribution < 1.29 is 9.13 Å². The Hall–Kier alpha value is -1.57. The smallest absolute Gasteiger partial charge is 0.250 e. The molecular formula is C18H23FN4OS. The van der Waals surface area contributed by atoms with E-state index in [0.29, 0.717) is 12.5 Å². The van der Waals surface area contributed by atoms with Gasteiger partial charge in [-0.25, -0.2) is 14.4 Å². The molecule has 2 fully saturated rings. The molecule has 2 saturated heterocycles. The highest BCUT2D eigenvalue weighted by Crippen LogP contribution is 2.39. The Bertz CT molecular complexity index is 705. The van der Waals surface area contributed by atoms with Gasteiger partial charge in [0.15, 0.2) is 5.82 Å². The predicted molar refractivity (Wildman–Crippen MR) is 95.2 cm³/mol. The lowest BCUT2D eigenvalue weighted by Gasteiger charge is -2.58. The molecule has 0 aromatic carbocycles. The van der Waals surface area contributed by atoms with Gasteiger partial charge in [-0.2, -0.15) is 0 Å². The first kappa shape index (κ1) is 16.9. The number of pyridine rings is 1. The van der Waals surface area contributed by atoms with E-state index in [2.05, 4.69) is 26.8 Å². The molecule has 0 radical (unpaired) electrons. The Morgan fingerprint density at radius 2 is 2.24 bits per heavy atom. The number of ether oxygens (including phenoxy) is 1. The van der Waals surface area contributed by atoms with Crippen molar-refractivity contribution in [3.8, 4) is 5.88 Å². The third kappa shape index (κ3) is 3.54. The van der Waals surface area contributed by atoms with Crippen molar-refractivity contribution in [3.63, 3.8) is 0 Å². The molecule has 25 heavy (non-hydrogen) atoms. The lowest BCUT2D eigenvalue weighted by atomic mass is 9.75. The molecule has 2 aromatic heterocycles. The number of likely N-dealkylation sites (N-methyl/N-ethyl adjacent to an activating group) is 1. The van der Waals surface area contributed by atoms with Gasteiger partial charge in [0, 0.05) is 36.4 Å². The van der Waals surface area contributed by atoms with Gasteiger partial charge in [0.05, 0.1) is 13.2 Å². The first-order valence-electron chi connectivity index (χ1n) is 8.70. The largest absolute Gasteiger partial charge is 0.475 e. The summed E-state index contributed by atoms with van der Waals surface area (Å²) in [5, 5.41) is 3.21. The Balaban J connectivity index is 1.32. The quantitative estimate of drug-likeness (QED) is 0.818. The number of thiazole rings is 1. The fourth-order valence-corrected chi connectivity index (χ4v) is 4.67. The molecule has 2 aromatic rings. The van der Waals surface area contributed by atoms with Crippen molar-refractivity contribution >= 4 is 11.3 Å². The zero-order chi connectivity index (χ0) is 17.3. The van der Waals surface area contributed by atoms with Crippen molar-refractivity contribution in [3.05, 3.63) is 40.7 Å². The molecule has 1 atom stereocenters. The molecule has 1 spiro atoms. The van der Waals surface area contributed by atoms with Crippen LogP contribution in [-0.2, 0) is 6.54 Å². The Labute approximate surface area is 151 Å². The average Bonchev–Trinajstić information content (AvgIpc) is 3.08. The highest BCUT2D eigenvalue weighted by molar-refractivity contribution is 7.09. The van der Waals surface area contributed by atoms with Crippen molar-refractivity contribution in [2.24, 2.45) is 5.92 Å². The van der Waals surface area contributed by atoms with E-state index in [4.69, 9.17) is 4.74 Å². The number of likely N-dealkylation sites (tertiary alicyclic amines) is 2. The van der Waals surface area contributed by atoms with Crippen LogP contribution in [0.2, 0.25) is 0 Å². The minimum atomic E-state index is -0.386. The van der Waals surface area contributed by atoms with E-state index < -0.39 is 0 Å². The van der Waals surface area contributed by atoms with Gasteiger partial charge in [-0.3, -0.25) is 9.80 Å². The summed E-state index contributed by atoms with van der Waals surface area (Å²) in [7, 11) is 2.22. The van der Waals surface area contributed by atoms with E-state index in [1.807, 2.05) is 11.6 Å². The van der Waals surface area contributed by atoms with Crippen LogP contribution in [0.1, 0.15) is 17.8 Å². The third-order valence-corrected chi connectivity index (χ3v) is 6.17. The summed E-state index contributed by atoms with van der Waals surface area (Å²) >= 11 is 1.72. The normalized spacial score (nSPS) is 23.5. The Morgan fingerprint density at radius 3 is 3.00 bits per heavy atom. The van der Waals surface area contributed by atoms with E-state index in [0.717, 1.165) is 39.0 Å². The van der Waals surface area contributed by atoms with E-state index in [1.165, 1.54) is 11.1 Å². The Kier molecular flexibility index (Phi) is 4.71. The SMILES string of the molecule is CN1CC[C@H](COc2ncccc2F)CC12CN(Cc1nccs1)C2. The summed E-state index contributed by atoms with van der Waals surface area (Å²) in [6.45, 7) is 4.67. The maximum atomic E-state index is 13.7. The lowest BCUT2D eigenvalue weighted by molar-refractivity contribution is -0.0876. The predicted octanol–water partition coefficient (Wildman–Crippen LogP) is 2.65. The number of halogens is 1. The molecule has 0 unspecified atom stereocenters. The number of piperidine rings is 1. The van der Waals surface area contributed by atoms with Crippen LogP contribution in [0.15, 0.2) is 29.9 Å². The van der Waals surface area contributed by atoms with E-state index in [1.54, 1.807) is 23.6 Å². The molecule has 4 rings (SSSR count). The molecule has 2 aliphatic rings. The highest BCUT2D eigenvalue weighted by Gasteiger charge is 2.49. The van der Waals surface area contributed by atoms with Crippen molar-refractivity contribution in [2.75, 3.05) is 33.3 Å². The van der Waals surface area contributed by atoms with Gasteiger partial charge < -0.3 is 4.74 Å². The molecule has 0 amide bonds. The first-order valence-corrected chi connectivity index (χ1v) is 9.58. The fraction of sp³-hybridized carbons (Fsp3) is 0.556. The van der Waals surface area contributed by atoms with E-state index >= 15 is 0 Å². The second-order valence-electron chi connectivity index (χ2n) is 7.18. The van der Waals surface area contributed by atoms with Gasteiger partial charge in [-0.15, -0.1) is 11.3 Å². The van der Waals surface area contributed by atoms with Gasteiger partial charge in [0.25, 0.3) is 0 Å². The molecule has 0 N–H and O–H groups in total. The standard InChI is InChI=1S/C18H23FN4OS/c1-22-7-4-14(11-24-17-15(19)3-2-5-21-17)9-18(22)12-23(13-18)10-16-20-6-8-25-16/h2-3,5-6,8,14H,4,7,9-13H2,1H3/t14-/m0/s1. The van der Waals surface area contributed by atoms with Gasteiger partial charge in [0.1, 0.15) is 5.01 Å². The number of hydrogen-bond acceptors (Lipinski definition) is 6. The van der Waals surface area contributed by atoms with Crippen LogP contribution in [0.25, 0.3) is 0 Å². The topological polar surface area (TPSA) is 41.5 Å². The van der Waals surface area contributed by atoms with Crippen LogP contribution in [0.3, 0.4) is 0 Å². The zero-order valence-corrected chi connectivity index (χ0v) is 15.2. The summed E-state index contributed by atoms with van der Waals surface area (Å²) < 4.78 is 19.3. The second kappa shape index (κ2) is 6.97. The van der Waals surface area contributed by atoms with Crippen LogP contribution in [-0.4, -0.2) is 58.6 Å². The minimum absolute atomic E-state index is 0.120. The van der Waals surface area contributed by atoms with Gasteiger partial charge in [-0.1, -0.05) is 0 Å². The summed E-state index contributed by atoms with van der Waals surface area (Å²) in [5.41, 5.74) is 0.228. The molecular weight excluding hydrogens is 339 g/mol.